The van der Waals surface area contributed by atoms with E-state index >= 15 is 0 Å². The summed E-state index contributed by atoms with van der Waals surface area (Å²) in [4.78, 5) is 18.6. The summed E-state index contributed by atoms with van der Waals surface area (Å²) in [5.41, 5.74) is 0.971. The lowest BCUT2D eigenvalue weighted by Crippen LogP contribution is -2.24. The standard InChI is InChI=1S/C18H16BrN3O4/c1-24-13-5-3-2-4-11(13)9-22-10-12(8-16(22)23)17-20-18(26-21-17)14-6-7-15(19)25-14/h2-7,12H,8-10H2,1H3. The van der Waals surface area contributed by atoms with Crippen molar-refractivity contribution in [2.75, 3.05) is 13.7 Å². The predicted molar refractivity (Wildman–Crippen MR) is 95.5 cm³/mol. The molecule has 1 amide bonds. The van der Waals surface area contributed by atoms with E-state index in [4.69, 9.17) is 13.7 Å². The largest absolute Gasteiger partial charge is 0.496 e. The predicted octanol–water partition coefficient (Wildman–Crippen LogP) is 3.62. The highest BCUT2D eigenvalue weighted by atomic mass is 79.9. The Bertz CT molecular complexity index is 936. The second kappa shape index (κ2) is 6.95. The fourth-order valence-corrected chi connectivity index (χ4v) is 3.37. The van der Waals surface area contributed by atoms with E-state index in [0.717, 1.165) is 11.3 Å². The first-order chi connectivity index (χ1) is 12.6. The topological polar surface area (TPSA) is 81.6 Å². The van der Waals surface area contributed by atoms with Crippen LogP contribution in [0.25, 0.3) is 11.7 Å². The summed E-state index contributed by atoms with van der Waals surface area (Å²) in [5, 5.41) is 4.03. The number of furan rings is 1. The first-order valence-corrected chi connectivity index (χ1v) is 8.92. The molecule has 7 nitrogen and oxygen atoms in total. The number of aromatic nitrogens is 2. The summed E-state index contributed by atoms with van der Waals surface area (Å²) in [7, 11) is 1.63. The van der Waals surface area contributed by atoms with Crippen LogP contribution in [0.1, 0.15) is 23.7 Å². The molecule has 3 heterocycles. The summed E-state index contributed by atoms with van der Waals surface area (Å²) in [6.45, 7) is 1.03. The lowest BCUT2D eigenvalue weighted by atomic mass is 10.1. The first kappa shape index (κ1) is 16.8. The second-order valence-electron chi connectivity index (χ2n) is 6.05. The molecule has 8 heteroatoms. The molecule has 0 spiro atoms. The molecule has 1 aliphatic heterocycles. The monoisotopic (exact) mass is 417 g/mol. The van der Waals surface area contributed by atoms with Crippen LogP contribution in [0.15, 0.2) is 50.0 Å². The third-order valence-corrected chi connectivity index (χ3v) is 4.79. The molecular formula is C18H16BrN3O4. The van der Waals surface area contributed by atoms with Crippen LogP contribution in [0.4, 0.5) is 0 Å². The van der Waals surface area contributed by atoms with E-state index in [1.54, 1.807) is 24.1 Å². The third kappa shape index (κ3) is 3.24. The van der Waals surface area contributed by atoms with Crippen molar-refractivity contribution >= 4 is 21.8 Å². The number of methoxy groups -OCH3 is 1. The second-order valence-corrected chi connectivity index (χ2v) is 6.83. The molecule has 0 radical (unpaired) electrons. The molecule has 1 fully saturated rings. The van der Waals surface area contributed by atoms with Gasteiger partial charge < -0.3 is 18.6 Å². The van der Waals surface area contributed by atoms with E-state index in [1.165, 1.54) is 0 Å². The molecule has 26 heavy (non-hydrogen) atoms. The van der Waals surface area contributed by atoms with Gasteiger partial charge in [0.25, 0.3) is 5.89 Å². The number of para-hydroxylation sites is 1. The van der Waals surface area contributed by atoms with Crippen molar-refractivity contribution in [3.05, 3.63) is 52.5 Å². The summed E-state index contributed by atoms with van der Waals surface area (Å²) in [6, 6.07) is 11.2. The van der Waals surface area contributed by atoms with Gasteiger partial charge >= 0.3 is 0 Å². The summed E-state index contributed by atoms with van der Waals surface area (Å²) < 4.78 is 16.7. The first-order valence-electron chi connectivity index (χ1n) is 8.13. The molecule has 2 aromatic heterocycles. The number of halogens is 1. The van der Waals surface area contributed by atoms with Gasteiger partial charge in [0.2, 0.25) is 5.91 Å². The Balaban J connectivity index is 1.49. The van der Waals surface area contributed by atoms with Crippen LogP contribution in [-0.4, -0.2) is 34.6 Å². The number of amides is 1. The van der Waals surface area contributed by atoms with Crippen LogP contribution in [0, 0.1) is 0 Å². The van der Waals surface area contributed by atoms with Crippen molar-refractivity contribution in [1.29, 1.82) is 0 Å². The molecule has 1 aromatic carbocycles. The highest BCUT2D eigenvalue weighted by Crippen LogP contribution is 2.31. The van der Waals surface area contributed by atoms with E-state index in [-0.39, 0.29) is 11.8 Å². The fraction of sp³-hybridized carbons (Fsp3) is 0.278. The van der Waals surface area contributed by atoms with Gasteiger partial charge in [-0.25, -0.2) is 0 Å². The van der Waals surface area contributed by atoms with Crippen LogP contribution in [0.5, 0.6) is 5.75 Å². The summed E-state index contributed by atoms with van der Waals surface area (Å²) >= 11 is 3.24. The van der Waals surface area contributed by atoms with Gasteiger partial charge in [0.1, 0.15) is 5.75 Å². The summed E-state index contributed by atoms with van der Waals surface area (Å²) in [5.74, 6) is 2.05. The minimum atomic E-state index is -0.104. The minimum Gasteiger partial charge on any atom is -0.496 e. The van der Waals surface area contributed by atoms with E-state index in [0.29, 0.717) is 41.7 Å². The number of carbonyl (C=O) groups excluding carboxylic acids is 1. The normalized spacial score (nSPS) is 17.1. The zero-order valence-electron chi connectivity index (χ0n) is 14.0. The van der Waals surface area contributed by atoms with Crippen LogP contribution in [0.2, 0.25) is 0 Å². The average molecular weight is 418 g/mol. The van der Waals surface area contributed by atoms with Crippen molar-refractivity contribution < 1.29 is 18.5 Å². The van der Waals surface area contributed by atoms with E-state index in [2.05, 4.69) is 26.1 Å². The van der Waals surface area contributed by atoms with Gasteiger partial charge in [0, 0.05) is 31.0 Å². The van der Waals surface area contributed by atoms with Gasteiger partial charge in [0.15, 0.2) is 16.3 Å². The molecule has 0 bridgehead atoms. The van der Waals surface area contributed by atoms with Gasteiger partial charge in [0.05, 0.1) is 7.11 Å². The highest BCUT2D eigenvalue weighted by molar-refractivity contribution is 9.10. The van der Waals surface area contributed by atoms with Crippen LogP contribution in [0.3, 0.4) is 0 Å². The number of hydrogen-bond acceptors (Lipinski definition) is 6. The van der Waals surface area contributed by atoms with Gasteiger partial charge in [-0.1, -0.05) is 23.4 Å². The molecule has 4 rings (SSSR count). The molecular weight excluding hydrogens is 402 g/mol. The Morgan fingerprint density at radius 3 is 2.92 bits per heavy atom. The number of carbonyl (C=O) groups is 1. The lowest BCUT2D eigenvalue weighted by molar-refractivity contribution is -0.128. The third-order valence-electron chi connectivity index (χ3n) is 4.36. The van der Waals surface area contributed by atoms with Crippen molar-refractivity contribution in [1.82, 2.24) is 15.0 Å². The van der Waals surface area contributed by atoms with Crippen LogP contribution < -0.4 is 4.74 Å². The molecule has 1 aliphatic rings. The van der Waals surface area contributed by atoms with Gasteiger partial charge in [-0.2, -0.15) is 4.98 Å². The Morgan fingerprint density at radius 2 is 2.15 bits per heavy atom. The Morgan fingerprint density at radius 1 is 1.31 bits per heavy atom. The molecule has 0 N–H and O–H groups in total. The van der Waals surface area contributed by atoms with E-state index in [1.807, 2.05) is 24.3 Å². The Kier molecular flexibility index (Phi) is 4.50. The minimum absolute atomic E-state index is 0.0630. The highest BCUT2D eigenvalue weighted by Gasteiger charge is 2.34. The maximum absolute atomic E-state index is 12.4. The Labute approximate surface area is 158 Å². The molecule has 1 saturated heterocycles. The van der Waals surface area contributed by atoms with Crippen molar-refractivity contribution in [3.63, 3.8) is 0 Å². The lowest BCUT2D eigenvalue weighted by Gasteiger charge is -2.17. The zero-order valence-corrected chi connectivity index (χ0v) is 15.6. The number of ether oxygens (including phenoxy) is 1. The number of likely N-dealkylation sites (tertiary alicyclic amines) is 1. The van der Waals surface area contributed by atoms with E-state index < -0.39 is 0 Å². The Hall–Kier alpha value is -2.61. The number of rotatable bonds is 5. The van der Waals surface area contributed by atoms with Crippen LogP contribution >= 0.6 is 15.9 Å². The average Bonchev–Trinajstić information content (AvgIpc) is 3.36. The quantitative estimate of drug-likeness (QED) is 0.630. The smallest absolute Gasteiger partial charge is 0.293 e. The van der Waals surface area contributed by atoms with Crippen molar-refractivity contribution in [2.24, 2.45) is 0 Å². The maximum Gasteiger partial charge on any atom is 0.293 e. The molecule has 3 aromatic rings. The molecule has 134 valence electrons. The number of benzene rings is 1. The SMILES string of the molecule is COc1ccccc1CN1CC(c2noc(-c3ccc(Br)o3)n2)CC1=O. The fourth-order valence-electron chi connectivity index (χ4n) is 3.07. The molecule has 1 atom stereocenters. The molecule has 0 aliphatic carbocycles. The maximum atomic E-state index is 12.4. The van der Waals surface area contributed by atoms with E-state index in [9.17, 15) is 4.79 Å². The van der Waals surface area contributed by atoms with Crippen molar-refractivity contribution in [3.8, 4) is 17.4 Å². The molecule has 1 unspecified atom stereocenters. The van der Waals surface area contributed by atoms with Gasteiger partial charge in [-0.05, 0) is 34.1 Å². The zero-order chi connectivity index (χ0) is 18.1. The van der Waals surface area contributed by atoms with Crippen LogP contribution in [-0.2, 0) is 11.3 Å². The number of nitrogens with zero attached hydrogens (tertiary/aromatic N) is 3. The van der Waals surface area contributed by atoms with Crippen molar-refractivity contribution in [2.45, 2.75) is 18.9 Å². The van der Waals surface area contributed by atoms with Gasteiger partial charge in [-0.3, -0.25) is 4.79 Å². The summed E-state index contributed by atoms with van der Waals surface area (Å²) in [6.07, 6.45) is 0.357. The molecule has 0 saturated carbocycles. The van der Waals surface area contributed by atoms with Gasteiger partial charge in [-0.15, -0.1) is 0 Å². The number of hydrogen-bond donors (Lipinski definition) is 0.